The molecule has 1 N–H and O–H groups in total. The van der Waals surface area contributed by atoms with Crippen LogP contribution in [0.15, 0.2) is 72.8 Å². The molecule has 200 valence electrons. The van der Waals surface area contributed by atoms with Gasteiger partial charge in [-0.3, -0.25) is 14.5 Å². The molecule has 39 heavy (non-hydrogen) atoms. The highest BCUT2D eigenvalue weighted by atomic mass is 16.2. The molecule has 5 nitrogen and oxygen atoms in total. The Balaban J connectivity index is 1.12. The van der Waals surface area contributed by atoms with Crippen LogP contribution in [0, 0.1) is 19.8 Å². The zero-order valence-electron chi connectivity index (χ0n) is 23.0. The van der Waals surface area contributed by atoms with E-state index >= 15 is 0 Å². The first-order valence-corrected chi connectivity index (χ1v) is 14.3. The molecule has 2 aliphatic rings. The predicted octanol–water partition coefficient (Wildman–Crippen LogP) is 6.57. The fraction of sp³-hybridized carbons (Fsp3) is 0.353. The number of nitrogens with zero attached hydrogens (tertiary/aromatic N) is 2. The highest BCUT2D eigenvalue weighted by Crippen LogP contribution is 2.31. The molecule has 4 aromatic rings. The molecule has 0 aliphatic carbocycles. The summed E-state index contributed by atoms with van der Waals surface area (Å²) in [5.74, 6) is 0.257. The smallest absolute Gasteiger partial charge is 0.255 e. The summed E-state index contributed by atoms with van der Waals surface area (Å²) in [6, 6.07) is 25.2. The van der Waals surface area contributed by atoms with Crippen molar-refractivity contribution in [1.82, 2.24) is 9.80 Å². The van der Waals surface area contributed by atoms with Crippen LogP contribution in [0.4, 0.5) is 5.69 Å². The number of anilines is 1. The third-order valence-corrected chi connectivity index (χ3v) is 8.57. The number of hydrogen-bond donors (Lipinski definition) is 1. The molecule has 2 amide bonds. The first-order chi connectivity index (χ1) is 19.0. The molecule has 0 bridgehead atoms. The summed E-state index contributed by atoms with van der Waals surface area (Å²) >= 11 is 0. The number of carbonyl (C=O) groups is 2. The SMILES string of the molecule is Cc1cc(C)cc(NC(=O)[C@@H]2CCCN(C3CCN(C(=O)c4c5ccccc5cc5ccccc45)CC3)C2)c1. The number of aryl methyl sites for hydroxylation is 2. The third-order valence-electron chi connectivity index (χ3n) is 8.57. The van der Waals surface area contributed by atoms with Crippen molar-refractivity contribution in [1.29, 1.82) is 0 Å². The lowest BCUT2D eigenvalue weighted by Gasteiger charge is -2.42. The van der Waals surface area contributed by atoms with Gasteiger partial charge < -0.3 is 10.2 Å². The molecule has 1 atom stereocenters. The van der Waals surface area contributed by atoms with Crippen LogP contribution in [-0.2, 0) is 4.79 Å². The Bertz CT molecular complexity index is 1460. The van der Waals surface area contributed by atoms with Crippen LogP contribution in [0.5, 0.6) is 0 Å². The van der Waals surface area contributed by atoms with E-state index in [-0.39, 0.29) is 17.7 Å². The van der Waals surface area contributed by atoms with E-state index in [9.17, 15) is 9.59 Å². The van der Waals surface area contributed by atoms with Crippen LogP contribution in [0.2, 0.25) is 0 Å². The van der Waals surface area contributed by atoms with Gasteiger partial charge in [0, 0.05) is 31.4 Å². The van der Waals surface area contributed by atoms with Gasteiger partial charge in [0.1, 0.15) is 0 Å². The van der Waals surface area contributed by atoms with Crippen LogP contribution in [0.1, 0.15) is 47.2 Å². The molecule has 2 fully saturated rings. The van der Waals surface area contributed by atoms with E-state index in [2.05, 4.69) is 60.5 Å². The Morgan fingerprint density at radius 3 is 2.03 bits per heavy atom. The number of fused-ring (bicyclic) bond motifs is 2. The average molecular weight is 520 g/mol. The minimum absolute atomic E-state index is 0.00118. The molecular weight excluding hydrogens is 482 g/mol. The largest absolute Gasteiger partial charge is 0.338 e. The third kappa shape index (κ3) is 5.28. The van der Waals surface area contributed by atoms with Crippen LogP contribution >= 0.6 is 0 Å². The van der Waals surface area contributed by atoms with Crippen molar-refractivity contribution in [3.05, 3.63) is 89.5 Å². The Kier molecular flexibility index (Phi) is 7.09. The van der Waals surface area contributed by atoms with Crippen LogP contribution in [0.25, 0.3) is 21.5 Å². The molecule has 2 saturated heterocycles. The van der Waals surface area contributed by atoms with Crippen molar-refractivity contribution in [2.75, 3.05) is 31.5 Å². The van der Waals surface area contributed by atoms with E-state index < -0.39 is 0 Å². The van der Waals surface area contributed by atoms with E-state index in [0.717, 1.165) is 95.8 Å². The second-order valence-electron chi connectivity index (χ2n) is 11.4. The monoisotopic (exact) mass is 519 g/mol. The zero-order chi connectivity index (χ0) is 26.9. The van der Waals surface area contributed by atoms with Gasteiger partial charge in [-0.2, -0.15) is 0 Å². The summed E-state index contributed by atoms with van der Waals surface area (Å²) in [6.45, 7) is 7.44. The van der Waals surface area contributed by atoms with Gasteiger partial charge in [0.15, 0.2) is 0 Å². The summed E-state index contributed by atoms with van der Waals surface area (Å²) in [6.07, 6.45) is 3.85. The Morgan fingerprint density at radius 1 is 0.769 bits per heavy atom. The topological polar surface area (TPSA) is 52.7 Å². The van der Waals surface area contributed by atoms with E-state index in [4.69, 9.17) is 0 Å². The van der Waals surface area contributed by atoms with Crippen molar-refractivity contribution in [2.45, 2.75) is 45.6 Å². The maximum atomic E-state index is 13.9. The van der Waals surface area contributed by atoms with E-state index in [1.807, 2.05) is 41.3 Å². The Labute approximate surface area is 230 Å². The summed E-state index contributed by atoms with van der Waals surface area (Å²) < 4.78 is 0. The first kappa shape index (κ1) is 25.6. The highest BCUT2D eigenvalue weighted by molar-refractivity contribution is 6.18. The fourth-order valence-corrected chi connectivity index (χ4v) is 6.68. The lowest BCUT2D eigenvalue weighted by atomic mass is 9.92. The average Bonchev–Trinajstić information content (AvgIpc) is 2.95. The number of benzene rings is 4. The van der Waals surface area contributed by atoms with E-state index in [0.29, 0.717) is 6.04 Å². The van der Waals surface area contributed by atoms with E-state index in [1.165, 1.54) is 0 Å². The van der Waals surface area contributed by atoms with Crippen molar-refractivity contribution in [2.24, 2.45) is 5.92 Å². The number of amides is 2. The van der Waals surface area contributed by atoms with Gasteiger partial charge in [-0.05, 0) is 96.9 Å². The molecular formula is C34H37N3O2. The maximum Gasteiger partial charge on any atom is 0.255 e. The molecule has 6 rings (SSSR count). The summed E-state index contributed by atoms with van der Waals surface area (Å²) in [4.78, 5) is 31.6. The Hall–Kier alpha value is -3.70. The number of hydrogen-bond acceptors (Lipinski definition) is 3. The minimum atomic E-state index is 0.00118. The van der Waals surface area contributed by atoms with Crippen LogP contribution < -0.4 is 5.32 Å². The maximum absolute atomic E-state index is 13.9. The molecule has 0 unspecified atom stereocenters. The van der Waals surface area contributed by atoms with Gasteiger partial charge in [-0.1, -0.05) is 54.6 Å². The molecule has 0 spiro atoms. The number of likely N-dealkylation sites (tertiary alicyclic amines) is 2. The fourth-order valence-electron chi connectivity index (χ4n) is 6.68. The van der Waals surface area contributed by atoms with Gasteiger partial charge in [0.2, 0.25) is 5.91 Å². The molecule has 0 aromatic heterocycles. The first-order valence-electron chi connectivity index (χ1n) is 14.3. The van der Waals surface area contributed by atoms with E-state index in [1.54, 1.807) is 0 Å². The molecule has 0 saturated carbocycles. The molecule has 2 aliphatic heterocycles. The summed E-state index contributed by atoms with van der Waals surface area (Å²) in [7, 11) is 0. The second kappa shape index (κ2) is 10.8. The molecule has 4 aromatic carbocycles. The van der Waals surface area contributed by atoms with Crippen molar-refractivity contribution < 1.29 is 9.59 Å². The standard InChI is InChI=1S/C34H37N3O2/c1-23-18-24(2)20-28(19-23)35-33(38)27-10-7-15-37(22-27)29-13-16-36(17-14-29)34(39)32-30-11-5-3-8-25(30)21-26-9-4-6-12-31(26)32/h3-6,8-9,11-12,18-21,27,29H,7,10,13-17,22H2,1-2H3,(H,35,38)/t27-/m1/s1. The summed E-state index contributed by atoms with van der Waals surface area (Å²) in [5, 5.41) is 7.43. The van der Waals surface area contributed by atoms with Gasteiger partial charge in [-0.25, -0.2) is 0 Å². The van der Waals surface area contributed by atoms with Gasteiger partial charge in [0.25, 0.3) is 5.91 Å². The van der Waals surface area contributed by atoms with Crippen LogP contribution in [0.3, 0.4) is 0 Å². The number of rotatable bonds is 4. The quantitative estimate of drug-likeness (QED) is 0.311. The molecule has 0 radical (unpaired) electrons. The van der Waals surface area contributed by atoms with Crippen LogP contribution in [-0.4, -0.2) is 53.8 Å². The van der Waals surface area contributed by atoms with Crippen molar-refractivity contribution in [3.8, 4) is 0 Å². The number of carbonyl (C=O) groups excluding carboxylic acids is 2. The summed E-state index contributed by atoms with van der Waals surface area (Å²) in [5.41, 5.74) is 4.03. The lowest BCUT2D eigenvalue weighted by Crippen LogP contribution is -2.51. The minimum Gasteiger partial charge on any atom is -0.338 e. The highest BCUT2D eigenvalue weighted by Gasteiger charge is 2.33. The zero-order valence-corrected chi connectivity index (χ0v) is 23.0. The lowest BCUT2D eigenvalue weighted by molar-refractivity contribution is -0.122. The molecule has 2 heterocycles. The van der Waals surface area contributed by atoms with Crippen molar-refractivity contribution in [3.63, 3.8) is 0 Å². The predicted molar refractivity (Wildman–Crippen MR) is 159 cm³/mol. The normalized spacial score (nSPS) is 18.9. The van der Waals surface area contributed by atoms with Crippen molar-refractivity contribution >= 4 is 39.0 Å². The number of piperidine rings is 2. The van der Waals surface area contributed by atoms with Gasteiger partial charge in [-0.15, -0.1) is 0 Å². The Morgan fingerprint density at radius 2 is 1.38 bits per heavy atom. The second-order valence-corrected chi connectivity index (χ2v) is 11.4. The van der Waals surface area contributed by atoms with Gasteiger partial charge >= 0.3 is 0 Å². The number of nitrogens with one attached hydrogen (secondary N) is 1. The molecule has 5 heteroatoms. The van der Waals surface area contributed by atoms with Gasteiger partial charge in [0.05, 0.1) is 11.5 Å².